The minimum absolute atomic E-state index is 0.329. The molecule has 146 valence electrons. The number of nitrogens with zero attached hydrogens (tertiary/aromatic N) is 3. The number of hydrogen-bond donors (Lipinski definition) is 1. The van der Waals surface area contributed by atoms with E-state index in [2.05, 4.69) is 46.6 Å². The van der Waals surface area contributed by atoms with Crippen LogP contribution in [0.2, 0.25) is 0 Å². The highest BCUT2D eigenvalue weighted by Gasteiger charge is 2.24. The number of guanidine groups is 1. The van der Waals surface area contributed by atoms with Crippen molar-refractivity contribution < 1.29 is 9.47 Å². The molecule has 2 aliphatic rings. The molecule has 1 aromatic rings. The quantitative estimate of drug-likeness (QED) is 0.580. The van der Waals surface area contributed by atoms with Crippen molar-refractivity contribution in [1.82, 2.24) is 15.1 Å². The summed E-state index contributed by atoms with van der Waals surface area (Å²) >= 11 is 1.82. The van der Waals surface area contributed by atoms with E-state index in [9.17, 15) is 0 Å². The molecule has 6 nitrogen and oxygen atoms in total. The minimum atomic E-state index is 0.329. The van der Waals surface area contributed by atoms with Gasteiger partial charge >= 0.3 is 0 Å². The van der Waals surface area contributed by atoms with Gasteiger partial charge in [0.25, 0.3) is 0 Å². The minimum Gasteiger partial charge on any atom is -0.381 e. The molecular weight excluding hydrogens is 348 g/mol. The average molecular weight is 381 g/mol. The van der Waals surface area contributed by atoms with Gasteiger partial charge in [0.2, 0.25) is 0 Å². The number of aliphatic imine (C=N–C) groups is 1. The van der Waals surface area contributed by atoms with Crippen LogP contribution in [0.1, 0.15) is 24.3 Å². The second-order valence-corrected chi connectivity index (χ2v) is 7.96. The number of thiophene rings is 1. The summed E-state index contributed by atoms with van der Waals surface area (Å²) in [4.78, 5) is 11.2. The molecule has 0 saturated carbocycles. The van der Waals surface area contributed by atoms with E-state index in [0.717, 1.165) is 71.5 Å². The van der Waals surface area contributed by atoms with E-state index in [-0.39, 0.29) is 0 Å². The largest absolute Gasteiger partial charge is 0.381 e. The SMILES string of the molecule is CCNC(=NCC(c1cccs1)N1CCOCC1)N(C)CC1CCOC1. The lowest BCUT2D eigenvalue weighted by Crippen LogP contribution is -2.43. The molecule has 0 spiro atoms. The van der Waals surface area contributed by atoms with Crippen LogP contribution in [-0.2, 0) is 9.47 Å². The Hall–Kier alpha value is -1.15. The molecule has 2 unspecified atom stereocenters. The summed E-state index contributed by atoms with van der Waals surface area (Å²) in [5.74, 6) is 1.60. The number of ether oxygens (including phenoxy) is 2. The lowest BCUT2D eigenvalue weighted by atomic mass is 10.1. The summed E-state index contributed by atoms with van der Waals surface area (Å²) in [5, 5.41) is 5.61. The fraction of sp³-hybridized carbons (Fsp3) is 0.737. The normalized spacial score (nSPS) is 23.2. The Morgan fingerprint density at radius 1 is 1.38 bits per heavy atom. The van der Waals surface area contributed by atoms with Crippen molar-refractivity contribution in [1.29, 1.82) is 0 Å². The summed E-state index contributed by atoms with van der Waals surface area (Å²) in [7, 11) is 2.13. The van der Waals surface area contributed by atoms with E-state index in [4.69, 9.17) is 14.5 Å². The Balaban J connectivity index is 1.67. The molecule has 0 aliphatic carbocycles. The van der Waals surface area contributed by atoms with Crippen molar-refractivity contribution in [3.05, 3.63) is 22.4 Å². The molecule has 0 amide bonds. The zero-order chi connectivity index (χ0) is 18.2. The second kappa shape index (κ2) is 10.3. The molecule has 26 heavy (non-hydrogen) atoms. The molecule has 2 fully saturated rings. The third-order valence-corrected chi connectivity index (χ3v) is 6.00. The van der Waals surface area contributed by atoms with Crippen molar-refractivity contribution in [2.45, 2.75) is 19.4 Å². The topological polar surface area (TPSA) is 49.3 Å². The van der Waals surface area contributed by atoms with Crippen molar-refractivity contribution in [2.75, 3.05) is 66.2 Å². The Labute approximate surface area is 161 Å². The monoisotopic (exact) mass is 380 g/mol. The molecule has 1 N–H and O–H groups in total. The van der Waals surface area contributed by atoms with E-state index in [1.54, 1.807) is 0 Å². The van der Waals surface area contributed by atoms with Gasteiger partial charge in [-0.15, -0.1) is 11.3 Å². The Morgan fingerprint density at radius 2 is 2.23 bits per heavy atom. The first-order valence-electron chi connectivity index (χ1n) is 9.70. The molecule has 1 aromatic heterocycles. The molecule has 0 aromatic carbocycles. The van der Waals surface area contributed by atoms with Crippen LogP contribution < -0.4 is 5.32 Å². The van der Waals surface area contributed by atoms with Gasteiger partial charge in [0.15, 0.2) is 5.96 Å². The number of morpholine rings is 1. The fourth-order valence-electron chi connectivity index (χ4n) is 3.60. The maximum absolute atomic E-state index is 5.54. The van der Waals surface area contributed by atoms with Crippen LogP contribution in [0.15, 0.2) is 22.5 Å². The third-order valence-electron chi connectivity index (χ3n) is 5.02. The summed E-state index contributed by atoms with van der Waals surface area (Å²) in [5.41, 5.74) is 0. The highest BCUT2D eigenvalue weighted by atomic mass is 32.1. The van der Waals surface area contributed by atoms with E-state index in [1.807, 2.05) is 11.3 Å². The second-order valence-electron chi connectivity index (χ2n) is 6.98. The van der Waals surface area contributed by atoms with Crippen LogP contribution in [-0.4, -0.2) is 82.0 Å². The van der Waals surface area contributed by atoms with E-state index >= 15 is 0 Å². The van der Waals surface area contributed by atoms with Crippen LogP contribution in [0.3, 0.4) is 0 Å². The van der Waals surface area contributed by atoms with Crippen molar-refractivity contribution in [3.8, 4) is 0 Å². The van der Waals surface area contributed by atoms with Crippen molar-refractivity contribution in [3.63, 3.8) is 0 Å². The average Bonchev–Trinajstić information content (AvgIpc) is 3.36. The van der Waals surface area contributed by atoms with Gasteiger partial charge in [-0.05, 0) is 24.8 Å². The Bertz CT molecular complexity index is 540. The lowest BCUT2D eigenvalue weighted by Gasteiger charge is -2.33. The van der Waals surface area contributed by atoms with Crippen LogP contribution in [0.4, 0.5) is 0 Å². The molecule has 2 saturated heterocycles. The molecule has 3 heterocycles. The van der Waals surface area contributed by atoms with Gasteiger partial charge in [-0.25, -0.2) is 0 Å². The molecular formula is C19H32N4O2S. The van der Waals surface area contributed by atoms with Crippen LogP contribution in [0, 0.1) is 5.92 Å². The maximum atomic E-state index is 5.54. The van der Waals surface area contributed by atoms with Gasteiger partial charge in [0.05, 0.1) is 32.4 Å². The fourth-order valence-corrected chi connectivity index (χ4v) is 4.45. The maximum Gasteiger partial charge on any atom is 0.193 e. The van der Waals surface area contributed by atoms with Crippen molar-refractivity contribution >= 4 is 17.3 Å². The Morgan fingerprint density at radius 3 is 2.88 bits per heavy atom. The summed E-state index contributed by atoms with van der Waals surface area (Å²) in [6.45, 7) is 10.1. The predicted octanol–water partition coefficient (Wildman–Crippen LogP) is 2.06. The van der Waals surface area contributed by atoms with Crippen LogP contribution in [0.5, 0.6) is 0 Å². The highest BCUT2D eigenvalue weighted by Crippen LogP contribution is 2.26. The molecule has 0 radical (unpaired) electrons. The lowest BCUT2D eigenvalue weighted by molar-refractivity contribution is 0.0186. The molecule has 2 atom stereocenters. The first-order chi connectivity index (χ1) is 12.8. The highest BCUT2D eigenvalue weighted by molar-refractivity contribution is 7.10. The molecule has 7 heteroatoms. The number of nitrogens with one attached hydrogen (secondary N) is 1. The third kappa shape index (κ3) is 5.42. The zero-order valence-corrected chi connectivity index (χ0v) is 16.8. The van der Waals surface area contributed by atoms with Gasteiger partial charge in [-0.3, -0.25) is 9.89 Å². The number of rotatable bonds is 7. The van der Waals surface area contributed by atoms with Gasteiger partial charge in [0.1, 0.15) is 0 Å². The summed E-state index contributed by atoms with van der Waals surface area (Å²) in [6, 6.07) is 4.69. The van der Waals surface area contributed by atoms with Gasteiger partial charge in [0, 0.05) is 50.6 Å². The standard InChI is InChI=1S/C19H32N4O2S/c1-3-20-19(22(2)14-16-6-9-25-15-16)21-13-17(18-5-4-12-26-18)23-7-10-24-11-8-23/h4-5,12,16-17H,3,6-11,13-15H2,1-2H3,(H,20,21). The van der Waals surface area contributed by atoms with Gasteiger partial charge in [-0.1, -0.05) is 6.07 Å². The first kappa shape index (κ1) is 19.6. The zero-order valence-electron chi connectivity index (χ0n) is 16.0. The smallest absolute Gasteiger partial charge is 0.193 e. The molecule has 3 rings (SSSR count). The van der Waals surface area contributed by atoms with Crippen molar-refractivity contribution in [2.24, 2.45) is 10.9 Å². The molecule has 2 aliphatic heterocycles. The van der Waals surface area contributed by atoms with E-state index in [1.165, 1.54) is 4.88 Å². The summed E-state index contributed by atoms with van der Waals surface area (Å²) < 4.78 is 11.1. The molecule has 0 bridgehead atoms. The predicted molar refractivity (Wildman–Crippen MR) is 107 cm³/mol. The van der Waals surface area contributed by atoms with Gasteiger partial charge in [-0.2, -0.15) is 0 Å². The van der Waals surface area contributed by atoms with Crippen LogP contribution >= 0.6 is 11.3 Å². The van der Waals surface area contributed by atoms with E-state index in [0.29, 0.717) is 12.0 Å². The van der Waals surface area contributed by atoms with Crippen LogP contribution in [0.25, 0.3) is 0 Å². The van der Waals surface area contributed by atoms with Gasteiger partial charge < -0.3 is 19.7 Å². The summed E-state index contributed by atoms with van der Waals surface area (Å²) in [6.07, 6.45) is 1.15. The Kier molecular flexibility index (Phi) is 7.73. The number of hydrogen-bond acceptors (Lipinski definition) is 5. The first-order valence-corrected chi connectivity index (χ1v) is 10.6. The van der Waals surface area contributed by atoms with E-state index < -0.39 is 0 Å².